The molecule has 0 aliphatic carbocycles. The third kappa shape index (κ3) is 1.42. The highest BCUT2D eigenvalue weighted by molar-refractivity contribution is 7.99. The summed E-state index contributed by atoms with van der Waals surface area (Å²) in [7, 11) is 0. The zero-order valence-corrected chi connectivity index (χ0v) is 8.03. The Morgan fingerprint density at radius 2 is 2.33 bits per heavy atom. The molecule has 0 nitrogen and oxygen atoms in total. The van der Waals surface area contributed by atoms with E-state index in [0.717, 1.165) is 12.2 Å². The zero-order valence-electron chi connectivity index (χ0n) is 7.21. The van der Waals surface area contributed by atoms with Gasteiger partial charge in [0.2, 0.25) is 0 Å². The van der Waals surface area contributed by atoms with Gasteiger partial charge in [0.05, 0.1) is 0 Å². The summed E-state index contributed by atoms with van der Waals surface area (Å²) >= 11 is 1.92. The summed E-state index contributed by atoms with van der Waals surface area (Å²) in [5, 5.41) is 0. The molecule has 0 atom stereocenters. The Morgan fingerprint density at radius 3 is 3.17 bits per heavy atom. The van der Waals surface area contributed by atoms with E-state index in [-0.39, 0.29) is 0 Å². The molecule has 1 aliphatic heterocycles. The molecule has 1 heterocycles. The van der Waals surface area contributed by atoms with Gasteiger partial charge >= 0.3 is 0 Å². The van der Waals surface area contributed by atoms with Gasteiger partial charge in [-0.15, -0.1) is 11.8 Å². The summed E-state index contributed by atoms with van der Waals surface area (Å²) < 4.78 is 0. The van der Waals surface area contributed by atoms with E-state index in [0.29, 0.717) is 0 Å². The monoisotopic (exact) mass is 176 g/mol. The van der Waals surface area contributed by atoms with Crippen molar-refractivity contribution in [2.45, 2.75) is 18.2 Å². The van der Waals surface area contributed by atoms with Crippen molar-refractivity contribution < 1.29 is 0 Å². The van der Waals surface area contributed by atoms with Gasteiger partial charge in [0.25, 0.3) is 0 Å². The average Bonchev–Trinajstić information content (AvgIpc) is 2.17. The number of hydrogen-bond acceptors (Lipinski definition) is 1. The number of rotatable bonds is 1. The minimum atomic E-state index is 1.12. The van der Waals surface area contributed by atoms with Gasteiger partial charge in [-0.25, -0.2) is 0 Å². The lowest BCUT2D eigenvalue weighted by atomic mass is 10.1. The van der Waals surface area contributed by atoms with Crippen LogP contribution >= 0.6 is 11.8 Å². The summed E-state index contributed by atoms with van der Waals surface area (Å²) in [4.78, 5) is 1.43. The predicted molar refractivity (Wildman–Crippen MR) is 55.6 cm³/mol. The van der Waals surface area contributed by atoms with Crippen molar-refractivity contribution in [3.8, 4) is 0 Å². The number of aryl methyl sites for hydroxylation is 1. The lowest BCUT2D eigenvalue weighted by Crippen LogP contribution is -1.89. The van der Waals surface area contributed by atoms with Gasteiger partial charge in [-0.1, -0.05) is 31.2 Å². The van der Waals surface area contributed by atoms with Crippen LogP contribution in [0.25, 0.3) is 6.08 Å². The first kappa shape index (κ1) is 7.93. The van der Waals surface area contributed by atoms with E-state index < -0.39 is 0 Å². The van der Waals surface area contributed by atoms with Crippen molar-refractivity contribution in [3.05, 3.63) is 35.4 Å². The average molecular weight is 176 g/mol. The van der Waals surface area contributed by atoms with Crippen LogP contribution in [0.1, 0.15) is 18.1 Å². The first-order chi connectivity index (χ1) is 5.90. The highest BCUT2D eigenvalue weighted by Gasteiger charge is 2.04. The van der Waals surface area contributed by atoms with Crippen LogP contribution in [0.3, 0.4) is 0 Å². The van der Waals surface area contributed by atoms with Gasteiger partial charge in [-0.2, -0.15) is 0 Å². The molecule has 0 fully saturated rings. The summed E-state index contributed by atoms with van der Waals surface area (Å²) in [6.45, 7) is 2.20. The van der Waals surface area contributed by atoms with Crippen LogP contribution in [0.15, 0.2) is 29.2 Å². The molecule has 0 amide bonds. The Kier molecular flexibility index (Phi) is 2.22. The van der Waals surface area contributed by atoms with Crippen molar-refractivity contribution in [2.75, 3.05) is 5.75 Å². The van der Waals surface area contributed by atoms with Crippen molar-refractivity contribution in [3.63, 3.8) is 0 Å². The zero-order chi connectivity index (χ0) is 8.39. The number of fused-ring (bicyclic) bond motifs is 1. The molecule has 0 radical (unpaired) electrons. The van der Waals surface area contributed by atoms with Crippen LogP contribution < -0.4 is 0 Å². The third-order valence-electron chi connectivity index (χ3n) is 2.11. The lowest BCUT2D eigenvalue weighted by molar-refractivity contribution is 1.13. The van der Waals surface area contributed by atoms with Crippen LogP contribution in [0.4, 0.5) is 0 Å². The van der Waals surface area contributed by atoms with Crippen molar-refractivity contribution >= 4 is 17.8 Å². The van der Waals surface area contributed by atoms with E-state index >= 15 is 0 Å². The Bertz CT molecular complexity index is 313. The van der Waals surface area contributed by atoms with Gasteiger partial charge in [0.1, 0.15) is 0 Å². The second-order valence-corrected chi connectivity index (χ2v) is 4.00. The maximum atomic E-state index is 2.29. The van der Waals surface area contributed by atoms with E-state index in [2.05, 4.69) is 37.3 Å². The van der Waals surface area contributed by atoms with Crippen molar-refractivity contribution in [2.24, 2.45) is 0 Å². The summed E-state index contributed by atoms with van der Waals surface area (Å²) in [6, 6.07) is 6.76. The largest absolute Gasteiger partial charge is 0.121 e. The normalized spacial score (nSPS) is 14.4. The van der Waals surface area contributed by atoms with E-state index in [1.807, 2.05) is 11.8 Å². The van der Waals surface area contributed by atoms with Crippen LogP contribution in [-0.2, 0) is 6.42 Å². The number of hydrogen-bond donors (Lipinski definition) is 0. The molecule has 62 valence electrons. The summed E-state index contributed by atoms with van der Waals surface area (Å²) in [6.07, 6.45) is 5.59. The molecule has 1 aromatic rings. The molecule has 1 aromatic carbocycles. The summed E-state index contributed by atoms with van der Waals surface area (Å²) in [5.41, 5.74) is 2.83. The second kappa shape index (κ2) is 3.36. The van der Waals surface area contributed by atoms with Gasteiger partial charge in [-0.05, 0) is 23.6 Å². The Labute approximate surface area is 77.7 Å². The maximum absolute atomic E-state index is 2.29. The van der Waals surface area contributed by atoms with Gasteiger partial charge in [-0.3, -0.25) is 0 Å². The van der Waals surface area contributed by atoms with Gasteiger partial charge in [0.15, 0.2) is 0 Å². The lowest BCUT2D eigenvalue weighted by Gasteiger charge is -2.10. The van der Waals surface area contributed by atoms with E-state index in [4.69, 9.17) is 0 Å². The third-order valence-corrected chi connectivity index (χ3v) is 3.16. The van der Waals surface area contributed by atoms with Gasteiger partial charge in [0, 0.05) is 10.6 Å². The van der Waals surface area contributed by atoms with Crippen molar-refractivity contribution in [1.82, 2.24) is 0 Å². The fourth-order valence-electron chi connectivity index (χ4n) is 1.39. The van der Waals surface area contributed by atoms with Crippen molar-refractivity contribution in [1.29, 1.82) is 0 Å². The smallest absolute Gasteiger partial charge is 0.0164 e. The molecule has 0 aromatic heterocycles. The van der Waals surface area contributed by atoms with E-state index in [9.17, 15) is 0 Å². The molecule has 0 bridgehead atoms. The highest BCUT2D eigenvalue weighted by Crippen LogP contribution is 2.28. The van der Waals surface area contributed by atoms with E-state index in [1.165, 1.54) is 16.0 Å². The first-order valence-corrected chi connectivity index (χ1v) is 5.31. The Morgan fingerprint density at radius 1 is 1.42 bits per heavy atom. The molecule has 0 spiro atoms. The van der Waals surface area contributed by atoms with Gasteiger partial charge < -0.3 is 0 Å². The number of benzene rings is 1. The molecular formula is C11H12S. The SMILES string of the molecule is CCc1ccc2c(c1)C=CCS2. The Balaban J connectivity index is 2.44. The highest BCUT2D eigenvalue weighted by atomic mass is 32.2. The minimum absolute atomic E-state index is 1.12. The molecule has 2 rings (SSSR count). The second-order valence-electron chi connectivity index (χ2n) is 2.94. The molecule has 0 N–H and O–H groups in total. The first-order valence-electron chi connectivity index (χ1n) is 4.32. The molecule has 0 saturated heterocycles. The van der Waals surface area contributed by atoms with E-state index in [1.54, 1.807) is 0 Å². The molecule has 0 unspecified atom stereocenters. The quantitative estimate of drug-likeness (QED) is 0.632. The fourth-order valence-corrected chi connectivity index (χ4v) is 2.22. The molecular weight excluding hydrogens is 164 g/mol. The molecule has 1 heteroatoms. The molecule has 0 saturated carbocycles. The molecule has 1 aliphatic rings. The number of thioether (sulfide) groups is 1. The Hall–Kier alpha value is -0.690. The maximum Gasteiger partial charge on any atom is 0.0164 e. The minimum Gasteiger partial charge on any atom is -0.121 e. The van der Waals surface area contributed by atoms with Crippen LogP contribution in [0.2, 0.25) is 0 Å². The van der Waals surface area contributed by atoms with Crippen LogP contribution in [0, 0.1) is 0 Å². The van der Waals surface area contributed by atoms with Crippen LogP contribution in [-0.4, -0.2) is 5.75 Å². The topological polar surface area (TPSA) is 0 Å². The summed E-state index contributed by atoms with van der Waals surface area (Å²) in [5.74, 6) is 1.12. The predicted octanol–water partition coefficient (Wildman–Crippen LogP) is 3.37. The molecule has 12 heavy (non-hydrogen) atoms. The van der Waals surface area contributed by atoms with Crippen LogP contribution in [0.5, 0.6) is 0 Å². The standard InChI is InChI=1S/C11H12S/c1-2-9-5-6-11-10(8-9)4-3-7-12-11/h3-6,8H,2,7H2,1H3. The fraction of sp³-hybridized carbons (Fsp3) is 0.273.